The van der Waals surface area contributed by atoms with Crippen molar-refractivity contribution in [2.24, 2.45) is 16.7 Å². The summed E-state index contributed by atoms with van der Waals surface area (Å²) in [7, 11) is 0. The molecule has 1 N–H and O–H groups in total. The van der Waals surface area contributed by atoms with Crippen LogP contribution in [0.1, 0.15) is 64.5 Å². The summed E-state index contributed by atoms with van der Waals surface area (Å²) >= 11 is 0. The molecule has 0 aliphatic heterocycles. The Bertz CT molecular complexity index is 1260. The van der Waals surface area contributed by atoms with E-state index in [1.807, 2.05) is 52.1 Å². The number of hydrogen-bond acceptors (Lipinski definition) is 3. The van der Waals surface area contributed by atoms with Crippen LogP contribution < -0.4 is 0 Å². The minimum absolute atomic E-state index is 0. The number of rotatable bonds is 1. The maximum Gasteiger partial charge on any atom is 0.168 e. The summed E-state index contributed by atoms with van der Waals surface area (Å²) in [6, 6.07) is 17.7. The molecule has 1 fully saturated rings. The van der Waals surface area contributed by atoms with Crippen molar-refractivity contribution in [1.29, 1.82) is 0 Å². The van der Waals surface area contributed by atoms with Crippen LogP contribution in [0.4, 0.5) is 0 Å². The molecule has 187 valence electrons. The van der Waals surface area contributed by atoms with Crippen LogP contribution in [0.5, 0.6) is 0 Å². The van der Waals surface area contributed by atoms with E-state index in [1.165, 1.54) is 21.9 Å². The van der Waals surface area contributed by atoms with E-state index in [1.54, 1.807) is 0 Å². The molecule has 4 heteroatoms. The number of carbonyl (C=O) groups excluding carboxylic acids is 1. The van der Waals surface area contributed by atoms with E-state index in [4.69, 9.17) is 0 Å². The molecule has 3 nitrogen and oxygen atoms in total. The fraction of sp³-hybridized carbons (Fsp3) is 0.419. The third-order valence-corrected chi connectivity index (χ3v) is 7.59. The van der Waals surface area contributed by atoms with Gasteiger partial charge in [-0.05, 0) is 73.5 Å². The summed E-state index contributed by atoms with van der Waals surface area (Å²) in [6.45, 7) is 12.3. The standard InChI is InChI=1S/C17H14N.C14H22O2.Ir/c1-12-10-13(2)15-8-9-18-17(16(15)11-12)14-6-4-3-5-7-14;1-13(2)7-5-9-6-8-14(3,4)12(16)10(9)11(13)15;/h3-6,8-11H,1-2H3;9,15H,5-8H2,1-4H3;/q-1;;. The molecule has 0 amide bonds. The van der Waals surface area contributed by atoms with Gasteiger partial charge in [-0.25, -0.2) is 0 Å². The number of allylic oxidation sites excluding steroid dienone is 2. The molecule has 1 saturated carbocycles. The average molecular weight is 647 g/mol. The first kappa shape index (κ1) is 27.3. The van der Waals surface area contributed by atoms with Crippen LogP contribution in [0.3, 0.4) is 0 Å². The molecule has 1 heterocycles. The van der Waals surface area contributed by atoms with Gasteiger partial charge in [0, 0.05) is 42.7 Å². The summed E-state index contributed by atoms with van der Waals surface area (Å²) in [5.41, 5.74) is 4.87. The summed E-state index contributed by atoms with van der Waals surface area (Å²) in [6.07, 6.45) is 5.91. The average Bonchev–Trinajstić information content (AvgIpc) is 2.79. The minimum atomic E-state index is -0.284. The summed E-state index contributed by atoms with van der Waals surface area (Å²) in [5.74, 6) is 0.851. The van der Waals surface area contributed by atoms with Gasteiger partial charge in [0.05, 0.1) is 0 Å². The zero-order valence-corrected chi connectivity index (χ0v) is 24.1. The number of hydrogen-bond donors (Lipinski definition) is 1. The second kappa shape index (κ2) is 10.4. The molecule has 3 aromatic rings. The number of aliphatic hydroxyl groups excluding tert-OH is 1. The van der Waals surface area contributed by atoms with Crippen LogP contribution in [0.15, 0.2) is 60.0 Å². The maximum atomic E-state index is 12.4. The van der Waals surface area contributed by atoms with Gasteiger partial charge in [0.2, 0.25) is 0 Å². The largest absolute Gasteiger partial charge is 0.511 e. The van der Waals surface area contributed by atoms with Crippen molar-refractivity contribution in [3.05, 3.63) is 77.2 Å². The number of Topliss-reactive ketones (excluding diaryl/α,β-unsaturated/α-hetero) is 1. The first-order valence-corrected chi connectivity index (χ1v) is 12.3. The molecule has 1 aromatic heterocycles. The van der Waals surface area contributed by atoms with Crippen LogP contribution in [-0.2, 0) is 24.9 Å². The van der Waals surface area contributed by atoms with Gasteiger partial charge in [0.15, 0.2) is 5.78 Å². The Morgan fingerprint density at radius 3 is 2.31 bits per heavy atom. The number of aromatic nitrogens is 1. The molecular formula is C31H36IrNO2-. The molecule has 1 atom stereocenters. The molecule has 1 unspecified atom stereocenters. The molecular weight excluding hydrogens is 611 g/mol. The third kappa shape index (κ3) is 5.44. The summed E-state index contributed by atoms with van der Waals surface area (Å²) in [5, 5.41) is 12.8. The van der Waals surface area contributed by atoms with Crippen molar-refractivity contribution in [2.75, 3.05) is 0 Å². The molecule has 1 radical (unpaired) electrons. The van der Waals surface area contributed by atoms with Crippen LogP contribution in [0, 0.1) is 36.7 Å². The van der Waals surface area contributed by atoms with Crippen LogP contribution in [0.25, 0.3) is 22.0 Å². The Labute approximate surface area is 223 Å². The zero-order valence-electron chi connectivity index (χ0n) is 21.7. The number of aryl methyl sites for hydroxylation is 2. The number of fused-ring (bicyclic) bond motifs is 2. The van der Waals surface area contributed by atoms with Crippen molar-refractivity contribution >= 4 is 16.6 Å². The van der Waals surface area contributed by atoms with Gasteiger partial charge in [-0.3, -0.25) is 4.79 Å². The Hall–Kier alpha value is -2.29. The van der Waals surface area contributed by atoms with E-state index in [2.05, 4.69) is 49.2 Å². The number of carbonyl (C=O) groups is 1. The van der Waals surface area contributed by atoms with E-state index in [-0.39, 0.29) is 36.7 Å². The fourth-order valence-electron chi connectivity index (χ4n) is 5.36. The van der Waals surface area contributed by atoms with Gasteiger partial charge in [-0.1, -0.05) is 45.4 Å². The van der Waals surface area contributed by atoms with Gasteiger partial charge >= 0.3 is 0 Å². The first-order chi connectivity index (χ1) is 16.0. The zero-order chi connectivity index (χ0) is 24.7. The fourth-order valence-corrected chi connectivity index (χ4v) is 5.36. The van der Waals surface area contributed by atoms with Crippen molar-refractivity contribution in [3.63, 3.8) is 0 Å². The summed E-state index contributed by atoms with van der Waals surface area (Å²) < 4.78 is 0. The molecule has 35 heavy (non-hydrogen) atoms. The Morgan fingerprint density at radius 2 is 1.66 bits per heavy atom. The Kier molecular flexibility index (Phi) is 8.09. The topological polar surface area (TPSA) is 50.2 Å². The van der Waals surface area contributed by atoms with E-state index in [0.717, 1.165) is 42.5 Å². The van der Waals surface area contributed by atoms with Crippen molar-refractivity contribution < 1.29 is 30.0 Å². The second-order valence-electron chi connectivity index (χ2n) is 11.2. The van der Waals surface area contributed by atoms with Gasteiger partial charge < -0.3 is 10.1 Å². The Balaban J connectivity index is 0.000000192. The van der Waals surface area contributed by atoms with Gasteiger partial charge in [-0.15, -0.1) is 35.9 Å². The van der Waals surface area contributed by atoms with Crippen LogP contribution in [0.2, 0.25) is 0 Å². The predicted octanol–water partition coefficient (Wildman–Crippen LogP) is 7.94. The molecule has 2 aliphatic rings. The molecule has 5 rings (SSSR count). The van der Waals surface area contributed by atoms with Gasteiger partial charge in [0.1, 0.15) is 5.76 Å². The van der Waals surface area contributed by atoms with E-state index in [0.29, 0.717) is 11.7 Å². The number of ketones is 1. The second-order valence-corrected chi connectivity index (χ2v) is 11.2. The van der Waals surface area contributed by atoms with Crippen molar-refractivity contribution in [1.82, 2.24) is 4.98 Å². The predicted molar refractivity (Wildman–Crippen MR) is 140 cm³/mol. The summed E-state index contributed by atoms with van der Waals surface area (Å²) in [4.78, 5) is 16.9. The van der Waals surface area contributed by atoms with E-state index in [9.17, 15) is 9.90 Å². The van der Waals surface area contributed by atoms with Gasteiger partial charge in [0.25, 0.3) is 0 Å². The van der Waals surface area contributed by atoms with Crippen LogP contribution in [-0.4, -0.2) is 15.9 Å². The van der Waals surface area contributed by atoms with Gasteiger partial charge in [-0.2, -0.15) is 0 Å². The monoisotopic (exact) mass is 647 g/mol. The number of nitrogens with zero attached hydrogens (tertiary/aromatic N) is 1. The number of benzene rings is 2. The van der Waals surface area contributed by atoms with E-state index >= 15 is 0 Å². The van der Waals surface area contributed by atoms with Crippen molar-refractivity contribution in [2.45, 2.75) is 67.2 Å². The van der Waals surface area contributed by atoms with E-state index < -0.39 is 0 Å². The SMILES string of the molecule is CC1(C)CCC2CCC(C)(C)C(O)=C2C1=O.Cc1cc(C)c2ccnc(-c3[c-]cccc3)c2c1.[Ir]. The minimum Gasteiger partial charge on any atom is -0.511 e. The number of aliphatic hydroxyl groups is 1. The normalized spacial score (nSPS) is 20.4. The molecule has 0 bridgehead atoms. The smallest absolute Gasteiger partial charge is 0.168 e. The Morgan fingerprint density at radius 1 is 0.971 bits per heavy atom. The van der Waals surface area contributed by atoms with Crippen LogP contribution >= 0.6 is 0 Å². The number of pyridine rings is 1. The molecule has 0 spiro atoms. The molecule has 2 aromatic carbocycles. The quantitative estimate of drug-likeness (QED) is 0.273. The first-order valence-electron chi connectivity index (χ1n) is 12.3. The molecule has 0 saturated heterocycles. The van der Waals surface area contributed by atoms with Crippen molar-refractivity contribution in [3.8, 4) is 11.3 Å². The molecule has 2 aliphatic carbocycles. The third-order valence-electron chi connectivity index (χ3n) is 7.59. The maximum absolute atomic E-state index is 12.4.